The number of fused-ring (bicyclic) bond motifs is 3. The average molecular weight is 514 g/mol. The van der Waals surface area contributed by atoms with Gasteiger partial charge in [0.25, 0.3) is 0 Å². The predicted molar refractivity (Wildman–Crippen MR) is 140 cm³/mol. The summed E-state index contributed by atoms with van der Waals surface area (Å²) in [5.74, 6) is 1.97. The van der Waals surface area contributed by atoms with Gasteiger partial charge in [0.2, 0.25) is 0 Å². The fourth-order valence-corrected chi connectivity index (χ4v) is 6.86. The van der Waals surface area contributed by atoms with Crippen LogP contribution in [0.5, 0.6) is 11.5 Å². The maximum absolute atomic E-state index is 13.2. The molecule has 36 heavy (non-hydrogen) atoms. The molecule has 5 rings (SSSR count). The topological polar surface area (TPSA) is 77.0 Å². The number of hydrogen-bond donors (Lipinski definition) is 2. The Morgan fingerprint density at radius 1 is 1.22 bits per heavy atom. The van der Waals surface area contributed by atoms with Crippen LogP contribution in [0.2, 0.25) is 5.02 Å². The van der Waals surface area contributed by atoms with E-state index in [0.29, 0.717) is 30.4 Å². The SMILES string of the molecule is COC(=O)C1(Nc2cccc(Cl)c2)CCC2(CC1)c1cc3c(cc1C[C@@H]2C[C@@H](C)CO)OC[C@H](C)O3. The molecule has 194 valence electrons. The van der Waals surface area contributed by atoms with Crippen molar-refractivity contribution in [2.75, 3.05) is 25.6 Å². The molecule has 0 amide bonds. The van der Waals surface area contributed by atoms with Gasteiger partial charge in [0.15, 0.2) is 11.5 Å². The molecule has 1 fully saturated rings. The molecule has 3 atom stereocenters. The summed E-state index contributed by atoms with van der Waals surface area (Å²) in [4.78, 5) is 13.2. The lowest BCUT2D eigenvalue weighted by Crippen LogP contribution is -2.53. The second-order valence-electron chi connectivity index (χ2n) is 11.0. The van der Waals surface area contributed by atoms with E-state index >= 15 is 0 Å². The van der Waals surface area contributed by atoms with Gasteiger partial charge in [-0.05, 0) is 104 Å². The lowest BCUT2D eigenvalue weighted by Gasteiger charge is -2.48. The molecule has 6 nitrogen and oxygen atoms in total. The van der Waals surface area contributed by atoms with E-state index in [1.54, 1.807) is 0 Å². The number of carbonyl (C=O) groups is 1. The van der Waals surface area contributed by atoms with Crippen molar-refractivity contribution in [3.63, 3.8) is 0 Å². The van der Waals surface area contributed by atoms with E-state index in [-0.39, 0.29) is 30.0 Å². The number of benzene rings is 2. The van der Waals surface area contributed by atoms with E-state index < -0.39 is 5.54 Å². The maximum Gasteiger partial charge on any atom is 0.331 e. The highest BCUT2D eigenvalue weighted by molar-refractivity contribution is 6.30. The van der Waals surface area contributed by atoms with Gasteiger partial charge in [-0.2, -0.15) is 0 Å². The van der Waals surface area contributed by atoms with Crippen LogP contribution in [0.3, 0.4) is 0 Å². The number of ether oxygens (including phenoxy) is 3. The minimum Gasteiger partial charge on any atom is -0.486 e. The minimum atomic E-state index is -0.817. The number of methoxy groups -OCH3 is 1. The largest absolute Gasteiger partial charge is 0.486 e. The molecule has 1 heterocycles. The van der Waals surface area contributed by atoms with Crippen LogP contribution in [0, 0.1) is 11.8 Å². The summed E-state index contributed by atoms with van der Waals surface area (Å²) in [5, 5.41) is 14.0. The molecule has 2 N–H and O–H groups in total. The Kier molecular flexibility index (Phi) is 6.86. The number of hydrogen-bond acceptors (Lipinski definition) is 6. The highest BCUT2D eigenvalue weighted by Crippen LogP contribution is 2.58. The number of nitrogens with one attached hydrogen (secondary N) is 1. The third kappa shape index (κ3) is 4.43. The van der Waals surface area contributed by atoms with Crippen molar-refractivity contribution in [3.8, 4) is 11.5 Å². The third-order valence-corrected chi connectivity index (χ3v) is 8.77. The highest BCUT2D eigenvalue weighted by Gasteiger charge is 2.54. The lowest BCUT2D eigenvalue weighted by molar-refractivity contribution is -0.148. The summed E-state index contributed by atoms with van der Waals surface area (Å²) < 4.78 is 17.4. The van der Waals surface area contributed by atoms with Crippen LogP contribution < -0.4 is 14.8 Å². The number of rotatable bonds is 6. The van der Waals surface area contributed by atoms with Gasteiger partial charge in [-0.25, -0.2) is 4.79 Å². The Hall–Kier alpha value is -2.44. The Morgan fingerprint density at radius 3 is 2.69 bits per heavy atom. The van der Waals surface area contributed by atoms with Gasteiger partial charge >= 0.3 is 5.97 Å². The highest BCUT2D eigenvalue weighted by atomic mass is 35.5. The molecule has 0 radical (unpaired) electrons. The average Bonchev–Trinajstić information content (AvgIpc) is 3.15. The summed E-state index contributed by atoms with van der Waals surface area (Å²) in [7, 11) is 1.45. The van der Waals surface area contributed by atoms with Crippen LogP contribution in [-0.4, -0.2) is 43.0 Å². The first-order valence-corrected chi connectivity index (χ1v) is 13.4. The van der Waals surface area contributed by atoms with E-state index in [4.69, 9.17) is 25.8 Å². The van der Waals surface area contributed by atoms with Crippen molar-refractivity contribution in [1.29, 1.82) is 0 Å². The molecule has 1 spiro atoms. The van der Waals surface area contributed by atoms with Gasteiger partial charge < -0.3 is 24.6 Å². The summed E-state index contributed by atoms with van der Waals surface area (Å²) in [6, 6.07) is 11.8. The molecule has 1 aliphatic heterocycles. The number of esters is 1. The molecule has 3 aliphatic rings. The van der Waals surface area contributed by atoms with Gasteiger partial charge in [-0.1, -0.05) is 24.6 Å². The van der Waals surface area contributed by atoms with Crippen molar-refractivity contribution in [3.05, 3.63) is 52.5 Å². The van der Waals surface area contributed by atoms with Gasteiger partial charge in [-0.3, -0.25) is 0 Å². The van der Waals surface area contributed by atoms with Crippen LogP contribution in [0.4, 0.5) is 5.69 Å². The molecule has 1 saturated carbocycles. The Labute approximate surface area is 218 Å². The Morgan fingerprint density at radius 2 is 2.00 bits per heavy atom. The first-order valence-electron chi connectivity index (χ1n) is 13.0. The predicted octanol–water partition coefficient (Wildman–Crippen LogP) is 5.53. The molecule has 2 aromatic carbocycles. The van der Waals surface area contributed by atoms with Crippen molar-refractivity contribution in [2.45, 2.75) is 69.4 Å². The third-order valence-electron chi connectivity index (χ3n) is 8.53. The fourth-order valence-electron chi connectivity index (χ4n) is 6.67. The van der Waals surface area contributed by atoms with Crippen LogP contribution in [0.15, 0.2) is 36.4 Å². The minimum absolute atomic E-state index is 0.0123. The Bertz CT molecular complexity index is 1130. The number of halogens is 1. The van der Waals surface area contributed by atoms with Gasteiger partial charge in [0.1, 0.15) is 18.2 Å². The van der Waals surface area contributed by atoms with Gasteiger partial charge in [0, 0.05) is 17.3 Å². The van der Waals surface area contributed by atoms with Crippen LogP contribution in [0.1, 0.15) is 57.1 Å². The molecule has 7 heteroatoms. The van der Waals surface area contributed by atoms with Crippen molar-refractivity contribution >= 4 is 23.3 Å². The zero-order valence-corrected chi connectivity index (χ0v) is 22.1. The smallest absolute Gasteiger partial charge is 0.331 e. The molecule has 2 aliphatic carbocycles. The number of carbonyl (C=O) groups excluding carboxylic acids is 1. The van der Waals surface area contributed by atoms with E-state index in [2.05, 4.69) is 24.4 Å². The molecule has 0 bridgehead atoms. The van der Waals surface area contributed by atoms with Crippen LogP contribution in [-0.2, 0) is 21.4 Å². The van der Waals surface area contributed by atoms with Gasteiger partial charge in [0.05, 0.1) is 7.11 Å². The first kappa shape index (κ1) is 25.2. The van der Waals surface area contributed by atoms with E-state index in [1.807, 2.05) is 31.2 Å². The zero-order valence-electron chi connectivity index (χ0n) is 21.3. The van der Waals surface area contributed by atoms with Crippen LogP contribution >= 0.6 is 11.6 Å². The summed E-state index contributed by atoms with van der Waals surface area (Å²) >= 11 is 6.23. The fraction of sp³-hybridized carbons (Fsp3) is 0.552. The van der Waals surface area contributed by atoms with Gasteiger partial charge in [-0.15, -0.1) is 0 Å². The molecule has 0 saturated heterocycles. The molecule has 0 aromatic heterocycles. The summed E-state index contributed by atoms with van der Waals surface area (Å²) in [6.07, 6.45) is 4.83. The van der Waals surface area contributed by atoms with E-state index in [9.17, 15) is 9.90 Å². The van der Waals surface area contributed by atoms with Crippen LogP contribution in [0.25, 0.3) is 0 Å². The summed E-state index contributed by atoms with van der Waals surface area (Å²) in [6.45, 7) is 4.85. The zero-order chi connectivity index (χ0) is 25.5. The van der Waals surface area contributed by atoms with Crippen molar-refractivity contribution in [2.24, 2.45) is 11.8 Å². The monoisotopic (exact) mass is 513 g/mol. The quantitative estimate of drug-likeness (QED) is 0.495. The molecule has 0 unspecified atom stereocenters. The number of aliphatic hydroxyl groups is 1. The van der Waals surface area contributed by atoms with Crippen molar-refractivity contribution < 1.29 is 24.1 Å². The van der Waals surface area contributed by atoms with E-state index in [0.717, 1.165) is 42.9 Å². The standard InChI is InChI=1S/C29H36ClNO5/c1-18(16-32)11-21-12-20-13-25-26(36-19(2)17-35-25)15-24(20)28(21)7-9-29(10-8-28,27(33)34-3)31-23-6-4-5-22(30)14-23/h4-6,13-15,18-19,21,31-32H,7-12,16-17H2,1-3H3/t18-,19+,21+,28?,29?/m1/s1. The second-order valence-corrected chi connectivity index (χ2v) is 11.4. The molecule has 2 aromatic rings. The molecular weight excluding hydrogens is 478 g/mol. The van der Waals surface area contributed by atoms with E-state index in [1.165, 1.54) is 18.2 Å². The number of anilines is 1. The molecular formula is C29H36ClNO5. The first-order chi connectivity index (χ1) is 17.3. The Balaban J connectivity index is 1.50. The number of aliphatic hydroxyl groups excluding tert-OH is 1. The maximum atomic E-state index is 13.2. The normalized spacial score (nSPS) is 29.5. The van der Waals surface area contributed by atoms with Crippen molar-refractivity contribution in [1.82, 2.24) is 0 Å². The second kappa shape index (κ2) is 9.79. The lowest BCUT2D eigenvalue weighted by atomic mass is 9.59. The summed E-state index contributed by atoms with van der Waals surface area (Å²) in [5.41, 5.74) is 2.52.